The van der Waals surface area contributed by atoms with E-state index < -0.39 is 6.10 Å². The average Bonchev–Trinajstić information content (AvgIpc) is 2.87. The van der Waals surface area contributed by atoms with Crippen molar-refractivity contribution in [2.75, 3.05) is 19.7 Å². The maximum atomic E-state index is 9.85. The number of hydrogen-bond donors (Lipinski definition) is 2. The lowest BCUT2D eigenvalue weighted by Crippen LogP contribution is -2.32. The number of halogens is 1. The first kappa shape index (κ1) is 15.9. The SMILES string of the molecule is Cn1cnc(CCNCC(O)COc2cccc(Br)c2)n1. The van der Waals surface area contributed by atoms with Gasteiger partial charge in [0.25, 0.3) is 0 Å². The van der Waals surface area contributed by atoms with E-state index in [1.165, 1.54) is 0 Å². The molecule has 0 aliphatic heterocycles. The molecule has 7 heteroatoms. The summed E-state index contributed by atoms with van der Waals surface area (Å²) >= 11 is 3.38. The van der Waals surface area contributed by atoms with Crippen molar-refractivity contribution in [2.24, 2.45) is 7.05 Å². The Labute approximate surface area is 132 Å². The topological polar surface area (TPSA) is 72.2 Å². The predicted molar refractivity (Wildman–Crippen MR) is 83.2 cm³/mol. The van der Waals surface area contributed by atoms with Gasteiger partial charge >= 0.3 is 0 Å². The lowest BCUT2D eigenvalue weighted by molar-refractivity contribution is 0.106. The highest BCUT2D eigenvalue weighted by atomic mass is 79.9. The summed E-state index contributed by atoms with van der Waals surface area (Å²) < 4.78 is 8.15. The third-order valence-electron chi connectivity index (χ3n) is 2.79. The Morgan fingerprint density at radius 2 is 2.33 bits per heavy atom. The van der Waals surface area contributed by atoms with E-state index in [0.29, 0.717) is 6.54 Å². The third kappa shape index (κ3) is 5.82. The van der Waals surface area contributed by atoms with E-state index >= 15 is 0 Å². The molecule has 0 aliphatic carbocycles. The number of nitrogens with zero attached hydrogens (tertiary/aromatic N) is 3. The fourth-order valence-electron chi connectivity index (χ4n) is 1.78. The van der Waals surface area contributed by atoms with E-state index in [2.05, 4.69) is 31.3 Å². The number of benzene rings is 1. The first-order chi connectivity index (χ1) is 10.1. The molecular formula is C14H19BrN4O2. The maximum absolute atomic E-state index is 9.85. The summed E-state index contributed by atoms with van der Waals surface area (Å²) in [5.74, 6) is 1.53. The minimum absolute atomic E-state index is 0.255. The molecule has 1 atom stereocenters. The van der Waals surface area contributed by atoms with E-state index in [-0.39, 0.29) is 6.61 Å². The zero-order chi connectivity index (χ0) is 15.1. The third-order valence-corrected chi connectivity index (χ3v) is 3.28. The van der Waals surface area contributed by atoms with Gasteiger partial charge in [0.15, 0.2) is 5.82 Å². The molecular weight excluding hydrogens is 336 g/mol. The maximum Gasteiger partial charge on any atom is 0.151 e. The van der Waals surface area contributed by atoms with E-state index in [9.17, 15) is 5.11 Å². The number of aliphatic hydroxyl groups is 1. The zero-order valence-corrected chi connectivity index (χ0v) is 13.5. The van der Waals surface area contributed by atoms with Gasteiger partial charge in [-0.1, -0.05) is 22.0 Å². The quantitative estimate of drug-likeness (QED) is 0.695. The molecule has 1 unspecified atom stereocenters. The molecule has 1 aromatic heterocycles. The van der Waals surface area contributed by atoms with Crippen LogP contribution in [-0.2, 0) is 13.5 Å². The number of nitrogens with one attached hydrogen (secondary N) is 1. The number of aliphatic hydroxyl groups excluding tert-OH is 1. The van der Waals surface area contributed by atoms with Crippen molar-refractivity contribution in [1.29, 1.82) is 0 Å². The molecule has 2 N–H and O–H groups in total. The predicted octanol–water partition coefficient (Wildman–Crippen LogP) is 1.15. The highest BCUT2D eigenvalue weighted by Crippen LogP contribution is 2.17. The molecule has 0 fully saturated rings. The van der Waals surface area contributed by atoms with Crippen LogP contribution in [0.3, 0.4) is 0 Å². The number of rotatable bonds is 8. The van der Waals surface area contributed by atoms with Gasteiger partial charge in [0, 0.05) is 31.0 Å². The molecule has 0 radical (unpaired) electrons. The lowest BCUT2D eigenvalue weighted by Gasteiger charge is -2.13. The van der Waals surface area contributed by atoms with E-state index in [4.69, 9.17) is 4.74 Å². The molecule has 21 heavy (non-hydrogen) atoms. The van der Waals surface area contributed by atoms with Crippen molar-refractivity contribution >= 4 is 15.9 Å². The van der Waals surface area contributed by atoms with Gasteiger partial charge in [-0.2, -0.15) is 5.10 Å². The molecule has 114 valence electrons. The van der Waals surface area contributed by atoms with Crippen molar-refractivity contribution in [3.63, 3.8) is 0 Å². The summed E-state index contributed by atoms with van der Waals surface area (Å²) in [6.45, 7) is 1.45. The highest BCUT2D eigenvalue weighted by molar-refractivity contribution is 9.10. The number of ether oxygens (including phenoxy) is 1. The molecule has 1 aromatic carbocycles. The van der Waals surface area contributed by atoms with Crippen molar-refractivity contribution in [1.82, 2.24) is 20.1 Å². The van der Waals surface area contributed by atoms with Crippen LogP contribution in [0.1, 0.15) is 5.82 Å². The Morgan fingerprint density at radius 1 is 1.48 bits per heavy atom. The van der Waals surface area contributed by atoms with Crippen LogP contribution in [0.25, 0.3) is 0 Å². The molecule has 0 bridgehead atoms. The summed E-state index contributed by atoms with van der Waals surface area (Å²) in [5.41, 5.74) is 0. The average molecular weight is 355 g/mol. The summed E-state index contributed by atoms with van der Waals surface area (Å²) in [4.78, 5) is 4.14. The normalized spacial score (nSPS) is 12.3. The van der Waals surface area contributed by atoms with Crippen molar-refractivity contribution < 1.29 is 9.84 Å². The number of aryl methyl sites for hydroxylation is 1. The summed E-state index contributed by atoms with van der Waals surface area (Å²) in [6, 6.07) is 7.55. The fourth-order valence-corrected chi connectivity index (χ4v) is 2.15. The minimum atomic E-state index is -0.555. The largest absolute Gasteiger partial charge is 0.491 e. The van der Waals surface area contributed by atoms with E-state index in [1.54, 1.807) is 11.0 Å². The Morgan fingerprint density at radius 3 is 3.05 bits per heavy atom. The van der Waals surface area contributed by atoms with Crippen LogP contribution in [0.4, 0.5) is 0 Å². The molecule has 0 saturated carbocycles. The van der Waals surface area contributed by atoms with Gasteiger partial charge in [0.2, 0.25) is 0 Å². The first-order valence-corrected chi connectivity index (χ1v) is 7.54. The highest BCUT2D eigenvalue weighted by Gasteiger charge is 2.06. The monoisotopic (exact) mass is 354 g/mol. The summed E-state index contributed by atoms with van der Waals surface area (Å²) in [5, 5.41) is 17.2. The van der Waals surface area contributed by atoms with Crippen LogP contribution in [0.2, 0.25) is 0 Å². The van der Waals surface area contributed by atoms with Gasteiger partial charge in [-0.15, -0.1) is 0 Å². The van der Waals surface area contributed by atoms with Gasteiger partial charge in [0.1, 0.15) is 24.8 Å². The zero-order valence-electron chi connectivity index (χ0n) is 11.9. The Balaban J connectivity index is 1.60. The van der Waals surface area contributed by atoms with Crippen LogP contribution >= 0.6 is 15.9 Å². The van der Waals surface area contributed by atoms with Crippen molar-refractivity contribution in [2.45, 2.75) is 12.5 Å². The molecule has 0 spiro atoms. The van der Waals surface area contributed by atoms with Crippen molar-refractivity contribution in [3.05, 3.63) is 40.9 Å². The molecule has 2 rings (SSSR count). The van der Waals surface area contributed by atoms with Gasteiger partial charge in [-0.3, -0.25) is 4.68 Å². The molecule has 0 saturated heterocycles. The Kier molecular flexibility index (Phi) is 6.16. The second-order valence-electron chi connectivity index (χ2n) is 4.71. The fraction of sp³-hybridized carbons (Fsp3) is 0.429. The molecule has 1 heterocycles. The molecule has 6 nitrogen and oxygen atoms in total. The standard InChI is InChI=1S/C14H19BrN4O2/c1-19-10-17-14(18-19)5-6-16-8-12(20)9-21-13-4-2-3-11(15)7-13/h2-4,7,10,12,16,20H,5-6,8-9H2,1H3. The Bertz CT molecular complexity index is 561. The summed E-state index contributed by atoms with van der Waals surface area (Å²) in [6.07, 6.45) is 1.86. The van der Waals surface area contributed by atoms with Crippen LogP contribution < -0.4 is 10.1 Å². The van der Waals surface area contributed by atoms with Gasteiger partial charge < -0.3 is 15.2 Å². The van der Waals surface area contributed by atoms with Crippen LogP contribution in [0.5, 0.6) is 5.75 Å². The second-order valence-corrected chi connectivity index (χ2v) is 5.63. The first-order valence-electron chi connectivity index (χ1n) is 6.75. The van der Waals surface area contributed by atoms with E-state index in [0.717, 1.165) is 29.0 Å². The van der Waals surface area contributed by atoms with Crippen LogP contribution in [0, 0.1) is 0 Å². The second kappa shape index (κ2) is 8.11. The van der Waals surface area contributed by atoms with Crippen LogP contribution in [0.15, 0.2) is 35.1 Å². The van der Waals surface area contributed by atoms with Crippen LogP contribution in [-0.4, -0.2) is 45.7 Å². The number of hydrogen-bond acceptors (Lipinski definition) is 5. The summed E-state index contributed by atoms with van der Waals surface area (Å²) in [7, 11) is 1.84. The molecule has 0 aliphatic rings. The molecule has 0 amide bonds. The smallest absolute Gasteiger partial charge is 0.151 e. The van der Waals surface area contributed by atoms with Gasteiger partial charge in [-0.25, -0.2) is 4.98 Å². The lowest BCUT2D eigenvalue weighted by atomic mass is 10.3. The van der Waals surface area contributed by atoms with Gasteiger partial charge in [-0.05, 0) is 18.2 Å². The number of aromatic nitrogens is 3. The van der Waals surface area contributed by atoms with Gasteiger partial charge in [0.05, 0.1) is 0 Å². The molecule has 2 aromatic rings. The Hall–Kier alpha value is -1.44. The van der Waals surface area contributed by atoms with E-state index in [1.807, 2.05) is 31.3 Å². The minimum Gasteiger partial charge on any atom is -0.491 e. The van der Waals surface area contributed by atoms with Crippen molar-refractivity contribution in [3.8, 4) is 5.75 Å².